The van der Waals surface area contributed by atoms with E-state index >= 15 is 0 Å². The van der Waals surface area contributed by atoms with Gasteiger partial charge in [0, 0.05) is 30.3 Å². The Hall–Kier alpha value is -3.09. The zero-order chi connectivity index (χ0) is 17.8. The van der Waals surface area contributed by atoms with Crippen molar-refractivity contribution in [1.29, 1.82) is 0 Å². The molecule has 4 aromatic rings. The molecule has 26 heavy (non-hydrogen) atoms. The van der Waals surface area contributed by atoms with E-state index in [1.165, 1.54) is 18.5 Å². The molecule has 0 radical (unpaired) electrons. The second kappa shape index (κ2) is 5.45. The number of imidazole rings is 1. The van der Waals surface area contributed by atoms with Crippen molar-refractivity contribution in [2.75, 3.05) is 0 Å². The molecule has 1 aliphatic heterocycles. The van der Waals surface area contributed by atoms with Crippen LogP contribution in [0.1, 0.15) is 17.8 Å². The van der Waals surface area contributed by atoms with Gasteiger partial charge in [-0.25, -0.2) is 23.3 Å². The Kier molecular flexibility index (Phi) is 3.19. The molecule has 0 N–H and O–H groups in total. The van der Waals surface area contributed by atoms with E-state index in [0.717, 1.165) is 42.1 Å². The van der Waals surface area contributed by atoms with Crippen molar-refractivity contribution in [3.05, 3.63) is 59.8 Å². The van der Waals surface area contributed by atoms with Crippen molar-refractivity contribution in [3.8, 4) is 22.5 Å². The molecule has 0 spiro atoms. The van der Waals surface area contributed by atoms with Crippen molar-refractivity contribution in [1.82, 2.24) is 24.1 Å². The molecular formula is C19H15F2N5. The summed E-state index contributed by atoms with van der Waals surface area (Å²) >= 11 is 0. The molecule has 0 atom stereocenters. The van der Waals surface area contributed by atoms with Crippen molar-refractivity contribution in [2.45, 2.75) is 26.3 Å². The minimum atomic E-state index is -0.469. The highest BCUT2D eigenvalue weighted by Gasteiger charge is 2.25. The van der Waals surface area contributed by atoms with Crippen LogP contribution in [-0.4, -0.2) is 24.1 Å². The quantitative estimate of drug-likeness (QED) is 0.552. The predicted molar refractivity (Wildman–Crippen MR) is 92.6 cm³/mol. The molecule has 1 aromatic carbocycles. The molecule has 0 unspecified atom stereocenters. The van der Waals surface area contributed by atoms with Gasteiger partial charge in [0.05, 0.1) is 11.4 Å². The molecule has 0 bridgehead atoms. The van der Waals surface area contributed by atoms with E-state index in [9.17, 15) is 8.78 Å². The number of hydrogen-bond acceptors (Lipinski definition) is 3. The number of halogens is 2. The first-order valence-electron chi connectivity index (χ1n) is 8.47. The average Bonchev–Trinajstić information content (AvgIpc) is 3.32. The Balaban J connectivity index is 1.78. The molecule has 7 heteroatoms. The number of aromatic nitrogens is 5. The zero-order valence-electron chi connectivity index (χ0n) is 14.1. The molecule has 0 amide bonds. The molecule has 0 aliphatic carbocycles. The Morgan fingerprint density at radius 3 is 2.88 bits per heavy atom. The van der Waals surface area contributed by atoms with Crippen LogP contribution >= 0.6 is 0 Å². The van der Waals surface area contributed by atoms with Gasteiger partial charge in [0.25, 0.3) is 0 Å². The lowest BCUT2D eigenvalue weighted by Crippen LogP contribution is -1.99. The van der Waals surface area contributed by atoms with Gasteiger partial charge in [-0.15, -0.1) is 0 Å². The smallest absolute Gasteiger partial charge is 0.155 e. The summed E-state index contributed by atoms with van der Waals surface area (Å²) in [5.41, 5.74) is 3.29. The third-order valence-electron chi connectivity index (χ3n) is 4.88. The molecule has 0 saturated heterocycles. The van der Waals surface area contributed by atoms with Gasteiger partial charge in [0.2, 0.25) is 0 Å². The summed E-state index contributed by atoms with van der Waals surface area (Å²) in [6.07, 6.45) is 5.15. The Morgan fingerprint density at radius 1 is 1.12 bits per heavy atom. The number of nitrogens with zero attached hydrogens (tertiary/aromatic N) is 5. The molecule has 5 nitrogen and oxygen atoms in total. The molecule has 1 aliphatic rings. The number of aryl methyl sites for hydroxylation is 2. The van der Waals surface area contributed by atoms with Crippen LogP contribution in [0.25, 0.3) is 28.2 Å². The number of pyridine rings is 1. The molecule has 0 fully saturated rings. The summed E-state index contributed by atoms with van der Waals surface area (Å²) in [4.78, 5) is 8.80. The van der Waals surface area contributed by atoms with E-state index in [1.807, 2.05) is 18.3 Å². The number of hydrogen-bond donors (Lipinski definition) is 0. The second-order valence-electron chi connectivity index (χ2n) is 6.54. The van der Waals surface area contributed by atoms with Crippen molar-refractivity contribution < 1.29 is 8.78 Å². The third kappa shape index (κ3) is 2.16. The average molecular weight is 351 g/mol. The van der Waals surface area contributed by atoms with E-state index in [4.69, 9.17) is 0 Å². The topological polar surface area (TPSA) is 48.0 Å². The first kappa shape index (κ1) is 15.2. The maximum atomic E-state index is 14.6. The fourth-order valence-corrected chi connectivity index (χ4v) is 3.59. The highest BCUT2D eigenvalue weighted by molar-refractivity contribution is 5.80. The Labute approximate surface area is 147 Å². The van der Waals surface area contributed by atoms with E-state index in [-0.39, 0.29) is 11.1 Å². The summed E-state index contributed by atoms with van der Waals surface area (Å²) in [6.45, 7) is 2.36. The standard InChI is InChI=1S/C19H15F2N5/c1-11-7-15(21)13(8-14(11)20)18-19(25-6-2-3-17(25)24-18)12-4-5-16-22-10-23-26(16)9-12/h4-5,7-10H,2-3,6H2,1H3. The Bertz CT molecular complexity index is 1160. The van der Waals surface area contributed by atoms with E-state index in [1.54, 1.807) is 11.4 Å². The summed E-state index contributed by atoms with van der Waals surface area (Å²) < 4.78 is 32.5. The molecule has 130 valence electrons. The minimum Gasteiger partial charge on any atom is -0.327 e. The molecule has 0 saturated carbocycles. The van der Waals surface area contributed by atoms with Crippen molar-refractivity contribution in [3.63, 3.8) is 0 Å². The van der Waals surface area contributed by atoms with Crippen LogP contribution in [-0.2, 0) is 13.0 Å². The second-order valence-corrected chi connectivity index (χ2v) is 6.54. The summed E-state index contributed by atoms with van der Waals surface area (Å²) in [6, 6.07) is 6.23. The van der Waals surface area contributed by atoms with Crippen LogP contribution in [0.15, 0.2) is 36.8 Å². The first-order chi connectivity index (χ1) is 12.6. The zero-order valence-corrected chi connectivity index (χ0v) is 14.1. The van der Waals surface area contributed by atoms with Crippen LogP contribution in [0.3, 0.4) is 0 Å². The molecular weight excluding hydrogens is 336 g/mol. The minimum absolute atomic E-state index is 0.184. The van der Waals surface area contributed by atoms with Gasteiger partial charge in [0.15, 0.2) is 5.65 Å². The SMILES string of the molecule is Cc1cc(F)c(-c2nc3n(c2-c2ccc4ncnn4c2)CCC3)cc1F. The highest BCUT2D eigenvalue weighted by Crippen LogP contribution is 2.37. The van der Waals surface area contributed by atoms with Gasteiger partial charge in [0.1, 0.15) is 23.8 Å². The number of fused-ring (bicyclic) bond motifs is 2. The lowest BCUT2D eigenvalue weighted by atomic mass is 10.0. The fourth-order valence-electron chi connectivity index (χ4n) is 3.59. The van der Waals surface area contributed by atoms with E-state index in [0.29, 0.717) is 5.69 Å². The molecule has 5 rings (SSSR count). The van der Waals surface area contributed by atoms with Crippen LogP contribution < -0.4 is 0 Å². The summed E-state index contributed by atoms with van der Waals surface area (Å²) in [5, 5.41) is 4.17. The number of rotatable bonds is 2. The monoisotopic (exact) mass is 351 g/mol. The van der Waals surface area contributed by atoms with Crippen molar-refractivity contribution in [2.24, 2.45) is 0 Å². The van der Waals surface area contributed by atoms with Crippen molar-refractivity contribution >= 4 is 5.65 Å². The maximum absolute atomic E-state index is 14.6. The lowest BCUT2D eigenvalue weighted by Gasteiger charge is -2.10. The van der Waals surface area contributed by atoms with Gasteiger partial charge >= 0.3 is 0 Å². The van der Waals surface area contributed by atoms with E-state index < -0.39 is 11.6 Å². The predicted octanol–water partition coefficient (Wildman–Crippen LogP) is 3.79. The summed E-state index contributed by atoms with van der Waals surface area (Å²) in [5.74, 6) is -0.00920. The van der Waals surface area contributed by atoms with Crippen LogP contribution in [0, 0.1) is 18.6 Å². The van der Waals surface area contributed by atoms with Gasteiger partial charge in [-0.3, -0.25) is 0 Å². The summed E-state index contributed by atoms with van der Waals surface area (Å²) in [7, 11) is 0. The van der Waals surface area contributed by atoms with Gasteiger partial charge in [-0.2, -0.15) is 5.10 Å². The normalized spacial score (nSPS) is 13.5. The molecule has 3 aromatic heterocycles. The van der Waals surface area contributed by atoms with E-state index in [2.05, 4.69) is 19.6 Å². The molecule has 4 heterocycles. The lowest BCUT2D eigenvalue weighted by molar-refractivity contribution is 0.595. The maximum Gasteiger partial charge on any atom is 0.155 e. The third-order valence-corrected chi connectivity index (χ3v) is 4.88. The van der Waals surface area contributed by atoms with Gasteiger partial charge in [-0.05, 0) is 43.2 Å². The fraction of sp³-hybridized carbons (Fsp3) is 0.211. The van der Waals surface area contributed by atoms with Gasteiger partial charge in [-0.1, -0.05) is 0 Å². The van der Waals surface area contributed by atoms with Crippen LogP contribution in [0.5, 0.6) is 0 Å². The Morgan fingerprint density at radius 2 is 2.00 bits per heavy atom. The van der Waals surface area contributed by atoms with Crippen LogP contribution in [0.2, 0.25) is 0 Å². The largest absolute Gasteiger partial charge is 0.327 e. The van der Waals surface area contributed by atoms with Gasteiger partial charge < -0.3 is 4.57 Å². The van der Waals surface area contributed by atoms with Crippen LogP contribution in [0.4, 0.5) is 8.78 Å². The number of benzene rings is 1. The highest BCUT2D eigenvalue weighted by atomic mass is 19.1. The first-order valence-corrected chi connectivity index (χ1v) is 8.47.